The molecule has 1 aromatic rings. The normalized spacial score (nSPS) is 11.2. The van der Waals surface area contributed by atoms with E-state index in [1.807, 2.05) is 43.5 Å². The van der Waals surface area contributed by atoms with Crippen molar-refractivity contribution in [3.63, 3.8) is 0 Å². The van der Waals surface area contributed by atoms with E-state index in [4.69, 9.17) is 0 Å². The topological polar surface area (TPSA) is 38.4 Å². The number of halogens is 1. The fraction of sp³-hybridized carbons (Fsp3) is 0.200. The van der Waals surface area contributed by atoms with Gasteiger partial charge in [-0.3, -0.25) is 0 Å². The molecule has 0 amide bonds. The van der Waals surface area contributed by atoms with E-state index in [-0.39, 0.29) is 24.0 Å². The number of thioether (sulfide) groups is 1. The molecule has 5 heteroatoms. The van der Waals surface area contributed by atoms with E-state index in [2.05, 4.69) is 15.5 Å². The Morgan fingerprint density at radius 1 is 1.40 bits per heavy atom. The van der Waals surface area contributed by atoms with Crippen molar-refractivity contribution >= 4 is 28.8 Å². The summed E-state index contributed by atoms with van der Waals surface area (Å²) in [5, 5.41) is 4.86. The Balaban J connectivity index is 0.00000196. The summed E-state index contributed by atoms with van der Waals surface area (Å²) < 4.78 is 0. The second kappa shape index (κ2) is 8.72. The predicted molar refractivity (Wildman–Crippen MR) is 62.9 cm³/mol. The second-order valence-corrected chi connectivity index (χ2v) is 3.34. The van der Waals surface area contributed by atoms with E-state index in [1.165, 1.54) is 0 Å². The van der Waals surface area contributed by atoms with Crippen LogP contribution in [-0.2, 0) is 0 Å². The molecule has 0 bridgehead atoms. The Kier molecular flexibility index (Phi) is 8.40. The van der Waals surface area contributed by atoms with Gasteiger partial charge in [-0.05, 0) is 37.1 Å². The van der Waals surface area contributed by atoms with Crippen molar-refractivity contribution in [1.29, 1.82) is 0 Å². The quantitative estimate of drug-likeness (QED) is 0.277. The maximum Gasteiger partial charge on any atom is 0.334 e. The third kappa shape index (κ3) is 5.78. The number of amidine groups is 1. The summed E-state index contributed by atoms with van der Waals surface area (Å²) in [7, 11) is 0. The molecule has 0 heterocycles. The molecule has 82 valence electrons. The van der Waals surface area contributed by atoms with Crippen molar-refractivity contribution in [3.05, 3.63) is 30.3 Å². The van der Waals surface area contributed by atoms with E-state index in [9.17, 15) is 0 Å². The second-order valence-electron chi connectivity index (χ2n) is 2.52. The van der Waals surface area contributed by atoms with Gasteiger partial charge in [-0.25, -0.2) is 4.99 Å². The van der Waals surface area contributed by atoms with E-state index in [0.717, 1.165) is 10.9 Å². The predicted octanol–water partition coefficient (Wildman–Crippen LogP) is -2.28. The minimum atomic E-state index is 0. The van der Waals surface area contributed by atoms with E-state index in [0.29, 0.717) is 0 Å². The van der Waals surface area contributed by atoms with Crippen LogP contribution in [-0.4, -0.2) is 17.6 Å². The number of hydrazone groups is 1. The smallest absolute Gasteiger partial charge is 0.334 e. The molecule has 0 aliphatic carbocycles. The highest BCUT2D eigenvalue weighted by atomic mass is 127. The van der Waals surface area contributed by atoms with Crippen LogP contribution in [0.25, 0.3) is 0 Å². The molecule has 0 saturated heterocycles. The van der Waals surface area contributed by atoms with Crippen molar-refractivity contribution < 1.29 is 29.0 Å². The Morgan fingerprint density at radius 2 is 2.07 bits per heavy atom. The summed E-state index contributed by atoms with van der Waals surface area (Å²) in [5.74, 6) is 0. The van der Waals surface area contributed by atoms with E-state index >= 15 is 0 Å². The lowest BCUT2D eigenvalue weighted by molar-refractivity contribution is -0.352. The summed E-state index contributed by atoms with van der Waals surface area (Å²) in [6.45, 7) is 1.87. The molecule has 15 heavy (non-hydrogen) atoms. The lowest BCUT2D eigenvalue weighted by atomic mass is 10.3. The van der Waals surface area contributed by atoms with Gasteiger partial charge < -0.3 is 24.0 Å². The van der Waals surface area contributed by atoms with Crippen LogP contribution in [0.3, 0.4) is 0 Å². The van der Waals surface area contributed by atoms with Crippen molar-refractivity contribution in [3.8, 4) is 0 Å². The molecule has 0 aliphatic heterocycles. The molecule has 0 aromatic heterocycles. The highest BCUT2D eigenvalue weighted by Gasteiger charge is 2.01. The van der Waals surface area contributed by atoms with E-state index < -0.39 is 0 Å². The van der Waals surface area contributed by atoms with Crippen LogP contribution in [0.5, 0.6) is 0 Å². The van der Waals surface area contributed by atoms with Crippen molar-refractivity contribution in [2.45, 2.75) is 6.92 Å². The molecule has 0 spiro atoms. The number of hydrogen-bond donors (Lipinski definition) is 2. The van der Waals surface area contributed by atoms with Crippen molar-refractivity contribution in [2.75, 3.05) is 6.26 Å². The average molecular weight is 335 g/mol. The Bertz CT molecular complexity index is 325. The molecule has 1 aromatic carbocycles. The number of para-hydroxylation sites is 1. The molecule has 0 radical (unpaired) electrons. The van der Waals surface area contributed by atoms with Crippen LogP contribution >= 0.6 is 11.8 Å². The summed E-state index contributed by atoms with van der Waals surface area (Å²) >= 11 is 1.59. The fourth-order valence-corrected chi connectivity index (χ4v) is 1.26. The first kappa shape index (κ1) is 14.4. The highest BCUT2D eigenvalue weighted by Crippen LogP contribution is 1.96. The molecule has 0 saturated carbocycles. The number of rotatable bonds is 2. The van der Waals surface area contributed by atoms with Gasteiger partial charge in [0.2, 0.25) is 0 Å². The zero-order valence-electron chi connectivity index (χ0n) is 8.70. The molecule has 0 atom stereocenters. The zero-order chi connectivity index (χ0) is 10.2. The first-order valence-electron chi connectivity index (χ1n) is 4.33. The minimum Gasteiger partial charge on any atom is -1.00 e. The Labute approximate surface area is 111 Å². The van der Waals surface area contributed by atoms with Gasteiger partial charge in [0.15, 0.2) is 0 Å². The van der Waals surface area contributed by atoms with Crippen LogP contribution in [0.4, 0.5) is 5.69 Å². The maximum atomic E-state index is 3.94. The summed E-state index contributed by atoms with van der Waals surface area (Å²) in [4.78, 5) is 3.22. The van der Waals surface area contributed by atoms with Crippen LogP contribution in [0.15, 0.2) is 35.4 Å². The fourth-order valence-electron chi connectivity index (χ4n) is 0.900. The Morgan fingerprint density at radius 3 is 2.60 bits per heavy atom. The highest BCUT2D eigenvalue weighted by molar-refractivity contribution is 8.12. The van der Waals surface area contributed by atoms with Gasteiger partial charge in [0.1, 0.15) is 5.69 Å². The van der Waals surface area contributed by atoms with Gasteiger partial charge in [0, 0.05) is 6.21 Å². The van der Waals surface area contributed by atoms with Crippen molar-refractivity contribution in [2.24, 2.45) is 5.10 Å². The number of nitrogens with one attached hydrogen (secondary N) is 2. The minimum absolute atomic E-state index is 0. The van der Waals surface area contributed by atoms with Gasteiger partial charge in [0.25, 0.3) is 0 Å². The maximum absolute atomic E-state index is 3.94. The zero-order valence-corrected chi connectivity index (χ0v) is 11.7. The van der Waals surface area contributed by atoms with Crippen LogP contribution < -0.4 is 34.4 Å². The van der Waals surface area contributed by atoms with Gasteiger partial charge in [0.05, 0.1) is 0 Å². The molecule has 0 unspecified atom stereocenters. The molecule has 1 rings (SSSR count). The number of benzene rings is 1. The largest absolute Gasteiger partial charge is 1.00 e. The van der Waals surface area contributed by atoms with Crippen LogP contribution in [0.1, 0.15) is 6.92 Å². The molecule has 3 nitrogen and oxygen atoms in total. The van der Waals surface area contributed by atoms with Crippen molar-refractivity contribution in [1.82, 2.24) is 5.43 Å². The van der Waals surface area contributed by atoms with Crippen LogP contribution in [0, 0.1) is 0 Å². The molecular formula is C10H14IN3S. The van der Waals surface area contributed by atoms with Gasteiger partial charge in [-0.15, -0.1) is 5.43 Å². The Hall–Kier alpha value is -0.560. The number of nitrogens with zero attached hydrogens (tertiary/aromatic N) is 1. The summed E-state index contributed by atoms with van der Waals surface area (Å²) in [6, 6.07) is 9.98. The molecular weight excluding hydrogens is 321 g/mol. The lowest BCUT2D eigenvalue weighted by Gasteiger charge is -1.93. The summed E-state index contributed by atoms with van der Waals surface area (Å²) in [6.07, 6.45) is 3.70. The molecule has 0 aliphatic rings. The van der Waals surface area contributed by atoms with Gasteiger partial charge in [-0.2, -0.15) is 0 Å². The molecule has 2 N–H and O–H groups in total. The van der Waals surface area contributed by atoms with Gasteiger partial charge in [-0.1, -0.05) is 23.3 Å². The SMILES string of the molecule is CC=NNC(=[NH+]c1ccccc1)SC.[I-]. The average Bonchev–Trinajstić information content (AvgIpc) is 2.25. The van der Waals surface area contributed by atoms with Gasteiger partial charge >= 0.3 is 5.17 Å². The lowest BCUT2D eigenvalue weighted by Crippen LogP contribution is -3.00. The molecule has 0 fully saturated rings. The number of hydrogen-bond acceptors (Lipinski definition) is 2. The summed E-state index contributed by atoms with van der Waals surface area (Å²) in [5.41, 5.74) is 3.96. The third-order valence-electron chi connectivity index (χ3n) is 1.53. The standard InChI is InChI=1S/C10H13N3S.HI/c1-3-11-13-10(14-2)12-9-7-5-4-6-8-9;/h3-8H,1-2H3,(H,12,13);1H. The first-order valence-corrected chi connectivity index (χ1v) is 5.56. The first-order chi connectivity index (χ1) is 6.86. The van der Waals surface area contributed by atoms with E-state index in [1.54, 1.807) is 18.0 Å². The third-order valence-corrected chi connectivity index (χ3v) is 2.13. The monoisotopic (exact) mass is 335 g/mol. The van der Waals surface area contributed by atoms with Crippen LogP contribution in [0.2, 0.25) is 0 Å².